The molecule has 6 heteroatoms. The lowest BCUT2D eigenvalue weighted by molar-refractivity contribution is -0.158. The number of methoxy groups -OCH3 is 1. The van der Waals surface area contributed by atoms with Crippen LogP contribution in [0.4, 0.5) is 0 Å². The number of hydrogen-bond acceptors (Lipinski definition) is 5. The van der Waals surface area contributed by atoms with E-state index in [1.807, 2.05) is 6.07 Å². The number of rotatable bonds is 4. The van der Waals surface area contributed by atoms with Crippen molar-refractivity contribution in [1.82, 2.24) is 4.98 Å². The number of ether oxygens (including phenoxy) is 1. The van der Waals surface area contributed by atoms with Gasteiger partial charge in [0.1, 0.15) is 5.03 Å². The van der Waals surface area contributed by atoms with Crippen LogP contribution in [0.15, 0.2) is 27.8 Å². The fraction of sp³-hybridized carbons (Fsp3) is 0.400. The molecule has 0 bridgehead atoms. The van der Waals surface area contributed by atoms with E-state index < -0.39 is 11.6 Å². The monoisotopic (exact) mass is 305 g/mol. The van der Waals surface area contributed by atoms with Crippen molar-refractivity contribution in [2.45, 2.75) is 17.6 Å². The molecular formula is C10H12BrNO3S. The van der Waals surface area contributed by atoms with Crippen molar-refractivity contribution in [3.05, 3.63) is 22.8 Å². The Morgan fingerprint density at radius 3 is 3.00 bits per heavy atom. The normalized spacial score (nSPS) is 14.2. The Morgan fingerprint density at radius 2 is 2.44 bits per heavy atom. The summed E-state index contributed by atoms with van der Waals surface area (Å²) in [5.74, 6) is -0.456. The van der Waals surface area contributed by atoms with Crippen molar-refractivity contribution >= 4 is 33.7 Å². The third-order valence-electron chi connectivity index (χ3n) is 1.84. The third-order valence-corrected chi connectivity index (χ3v) is 4.05. The molecule has 4 nitrogen and oxygen atoms in total. The molecule has 0 radical (unpaired) electrons. The molecule has 0 amide bonds. The zero-order valence-corrected chi connectivity index (χ0v) is 11.3. The van der Waals surface area contributed by atoms with Crippen LogP contribution in [0.1, 0.15) is 6.92 Å². The van der Waals surface area contributed by atoms with Gasteiger partial charge in [-0.25, -0.2) is 9.78 Å². The van der Waals surface area contributed by atoms with Gasteiger partial charge in [0, 0.05) is 16.4 Å². The summed E-state index contributed by atoms with van der Waals surface area (Å²) in [6.45, 7) is 1.42. The maximum Gasteiger partial charge on any atom is 0.338 e. The Labute approximate surface area is 107 Å². The maximum atomic E-state index is 11.2. The van der Waals surface area contributed by atoms with Gasteiger partial charge in [0.2, 0.25) is 0 Å². The third kappa shape index (κ3) is 3.47. The van der Waals surface area contributed by atoms with Crippen LogP contribution in [0, 0.1) is 0 Å². The van der Waals surface area contributed by atoms with Crippen LogP contribution in [0.2, 0.25) is 0 Å². The second-order valence-electron chi connectivity index (χ2n) is 3.34. The van der Waals surface area contributed by atoms with Crippen LogP contribution in [-0.2, 0) is 9.53 Å². The molecule has 0 saturated heterocycles. The predicted molar refractivity (Wildman–Crippen MR) is 65.3 cm³/mol. The first kappa shape index (κ1) is 13.5. The van der Waals surface area contributed by atoms with Gasteiger partial charge >= 0.3 is 5.97 Å². The molecule has 0 aliphatic rings. The molecule has 1 atom stereocenters. The SMILES string of the molecule is COC(=O)C(C)(O)CSc1ncccc1Br. The summed E-state index contributed by atoms with van der Waals surface area (Å²) in [6, 6.07) is 3.65. The number of aromatic nitrogens is 1. The minimum Gasteiger partial charge on any atom is -0.467 e. The first-order valence-electron chi connectivity index (χ1n) is 4.51. The predicted octanol–water partition coefficient (Wildman–Crippen LogP) is 1.86. The quantitative estimate of drug-likeness (QED) is 0.679. The van der Waals surface area contributed by atoms with Gasteiger partial charge in [-0.3, -0.25) is 0 Å². The molecule has 88 valence electrons. The van der Waals surface area contributed by atoms with Crippen molar-refractivity contribution < 1.29 is 14.6 Å². The summed E-state index contributed by atoms with van der Waals surface area (Å²) >= 11 is 4.63. The van der Waals surface area contributed by atoms with Crippen LogP contribution in [0.25, 0.3) is 0 Å². The van der Waals surface area contributed by atoms with E-state index in [2.05, 4.69) is 25.7 Å². The molecule has 0 aliphatic heterocycles. The van der Waals surface area contributed by atoms with E-state index in [0.717, 1.165) is 9.50 Å². The molecule has 1 unspecified atom stereocenters. The molecule has 1 aromatic heterocycles. The molecule has 16 heavy (non-hydrogen) atoms. The highest BCUT2D eigenvalue weighted by molar-refractivity contribution is 9.10. The number of hydrogen-bond donors (Lipinski definition) is 1. The first-order chi connectivity index (χ1) is 7.47. The first-order valence-corrected chi connectivity index (χ1v) is 6.29. The van der Waals surface area contributed by atoms with Crippen molar-refractivity contribution in [3.63, 3.8) is 0 Å². The number of aliphatic hydroxyl groups is 1. The zero-order valence-electron chi connectivity index (χ0n) is 8.94. The fourth-order valence-electron chi connectivity index (χ4n) is 0.965. The lowest BCUT2D eigenvalue weighted by Gasteiger charge is -2.19. The summed E-state index contributed by atoms with van der Waals surface area (Å²) in [6.07, 6.45) is 1.65. The van der Waals surface area contributed by atoms with E-state index in [4.69, 9.17) is 0 Å². The number of carbonyl (C=O) groups excluding carboxylic acids is 1. The van der Waals surface area contributed by atoms with Gasteiger partial charge in [-0.2, -0.15) is 0 Å². The van der Waals surface area contributed by atoms with Gasteiger partial charge in [-0.15, -0.1) is 11.8 Å². The van der Waals surface area contributed by atoms with E-state index in [0.29, 0.717) is 0 Å². The van der Waals surface area contributed by atoms with E-state index in [9.17, 15) is 9.90 Å². The zero-order chi connectivity index (χ0) is 12.2. The molecule has 0 saturated carbocycles. The summed E-state index contributed by atoms with van der Waals surface area (Å²) in [4.78, 5) is 15.3. The van der Waals surface area contributed by atoms with Crippen LogP contribution in [-0.4, -0.2) is 34.5 Å². The number of thioether (sulfide) groups is 1. The van der Waals surface area contributed by atoms with Gasteiger partial charge in [0.05, 0.1) is 7.11 Å². The maximum absolute atomic E-state index is 11.2. The van der Waals surface area contributed by atoms with Crippen LogP contribution < -0.4 is 0 Å². The highest BCUT2D eigenvalue weighted by Gasteiger charge is 2.31. The van der Waals surface area contributed by atoms with Gasteiger partial charge < -0.3 is 9.84 Å². The molecule has 1 N–H and O–H groups in total. The van der Waals surface area contributed by atoms with Crippen LogP contribution in [0.3, 0.4) is 0 Å². The Morgan fingerprint density at radius 1 is 1.75 bits per heavy atom. The standard InChI is InChI=1S/C10H12BrNO3S/c1-10(14,9(13)15-2)6-16-8-7(11)4-3-5-12-8/h3-5,14H,6H2,1-2H3. The van der Waals surface area contributed by atoms with Gasteiger partial charge in [0.15, 0.2) is 5.60 Å². The molecule has 0 aromatic carbocycles. The molecule has 1 heterocycles. The number of carbonyl (C=O) groups is 1. The molecular weight excluding hydrogens is 294 g/mol. The largest absolute Gasteiger partial charge is 0.467 e. The number of esters is 1. The average Bonchev–Trinajstić information content (AvgIpc) is 2.27. The fourth-order valence-corrected chi connectivity index (χ4v) is 2.44. The second-order valence-corrected chi connectivity index (χ2v) is 5.16. The molecule has 0 fully saturated rings. The molecule has 1 rings (SSSR count). The topological polar surface area (TPSA) is 59.4 Å². The second kappa shape index (κ2) is 5.65. The van der Waals surface area contributed by atoms with Crippen LogP contribution >= 0.6 is 27.7 Å². The van der Waals surface area contributed by atoms with E-state index in [1.165, 1.54) is 25.8 Å². The number of halogens is 1. The van der Waals surface area contributed by atoms with E-state index in [-0.39, 0.29) is 5.75 Å². The minimum atomic E-state index is -1.50. The van der Waals surface area contributed by atoms with Gasteiger partial charge in [-0.1, -0.05) is 0 Å². The average molecular weight is 306 g/mol. The van der Waals surface area contributed by atoms with Gasteiger partial charge in [-0.05, 0) is 35.0 Å². The number of nitrogens with zero attached hydrogens (tertiary/aromatic N) is 1. The summed E-state index contributed by atoms with van der Waals surface area (Å²) < 4.78 is 5.33. The Balaban J connectivity index is 2.65. The van der Waals surface area contributed by atoms with Crippen LogP contribution in [0.5, 0.6) is 0 Å². The summed E-state index contributed by atoms with van der Waals surface area (Å²) in [7, 11) is 1.25. The lowest BCUT2D eigenvalue weighted by Crippen LogP contribution is -2.38. The number of pyridine rings is 1. The molecule has 1 aromatic rings. The molecule has 0 spiro atoms. The van der Waals surface area contributed by atoms with Crippen molar-refractivity contribution in [2.75, 3.05) is 12.9 Å². The highest BCUT2D eigenvalue weighted by atomic mass is 79.9. The smallest absolute Gasteiger partial charge is 0.338 e. The summed E-state index contributed by atoms with van der Waals surface area (Å²) in [5, 5.41) is 10.5. The van der Waals surface area contributed by atoms with E-state index >= 15 is 0 Å². The van der Waals surface area contributed by atoms with Crippen molar-refractivity contribution in [1.29, 1.82) is 0 Å². The van der Waals surface area contributed by atoms with Gasteiger partial charge in [0.25, 0.3) is 0 Å². The Bertz CT molecular complexity index is 384. The van der Waals surface area contributed by atoms with Crippen molar-refractivity contribution in [2.24, 2.45) is 0 Å². The van der Waals surface area contributed by atoms with Crippen molar-refractivity contribution in [3.8, 4) is 0 Å². The summed E-state index contributed by atoms with van der Waals surface area (Å²) in [5.41, 5.74) is -1.50. The minimum absolute atomic E-state index is 0.190. The lowest BCUT2D eigenvalue weighted by atomic mass is 10.1. The highest BCUT2D eigenvalue weighted by Crippen LogP contribution is 2.27. The molecule has 0 aliphatic carbocycles. The Kier molecular flexibility index (Phi) is 4.76. The Hall–Kier alpha value is -0.590. The van der Waals surface area contributed by atoms with E-state index in [1.54, 1.807) is 12.3 Å².